The Bertz CT molecular complexity index is 767. The van der Waals surface area contributed by atoms with E-state index in [0.717, 1.165) is 11.1 Å². The van der Waals surface area contributed by atoms with Gasteiger partial charge in [-0.1, -0.05) is 80.9 Å². The molecule has 2 atom stereocenters. The smallest absolute Gasteiger partial charge is 0.328 e. The van der Waals surface area contributed by atoms with E-state index in [1.165, 1.54) is 7.11 Å². The first-order valence-corrected chi connectivity index (χ1v) is 9.61. The van der Waals surface area contributed by atoms with E-state index in [-0.39, 0.29) is 5.92 Å². The van der Waals surface area contributed by atoms with Crippen LogP contribution in [0.4, 0.5) is 0 Å². The summed E-state index contributed by atoms with van der Waals surface area (Å²) >= 11 is 0. The van der Waals surface area contributed by atoms with E-state index in [0.29, 0.717) is 6.42 Å². The lowest BCUT2D eigenvalue weighted by atomic mass is 9.91. The number of esters is 2. The van der Waals surface area contributed by atoms with E-state index in [1.807, 2.05) is 74.5 Å². The van der Waals surface area contributed by atoms with Gasteiger partial charge in [0.15, 0.2) is 6.61 Å². The first-order chi connectivity index (χ1) is 14.0. The number of nitrogens with one attached hydrogen (secondary N) is 1. The molecule has 0 radical (unpaired) electrons. The molecule has 154 valence electrons. The molecule has 2 aromatic carbocycles. The molecule has 6 nitrogen and oxygen atoms in total. The summed E-state index contributed by atoms with van der Waals surface area (Å²) < 4.78 is 10.1. The van der Waals surface area contributed by atoms with Gasteiger partial charge in [0, 0.05) is 0 Å². The second-order valence-electron chi connectivity index (χ2n) is 6.82. The van der Waals surface area contributed by atoms with Crippen molar-refractivity contribution in [2.75, 3.05) is 13.7 Å². The van der Waals surface area contributed by atoms with Crippen LogP contribution >= 0.6 is 0 Å². The molecule has 1 amide bonds. The molecule has 0 spiro atoms. The highest BCUT2D eigenvalue weighted by molar-refractivity contribution is 5.88. The standard InChI is InChI=1S/C23H27NO5/c1-4-16(2)21(23(27)28-3)24-19(25)15-29-22(26)20(17-11-7-5-8-12-17)18-13-9-6-10-14-18/h5-14,16,20-21H,4,15H2,1-3H3,(H,24,25)/t16-,21+/m0/s1. The third-order valence-corrected chi connectivity index (χ3v) is 4.83. The Morgan fingerprint density at radius 3 is 1.86 bits per heavy atom. The molecule has 0 fully saturated rings. The SMILES string of the molecule is CC[C@H](C)[C@@H](NC(=O)COC(=O)C(c1ccccc1)c1ccccc1)C(=O)OC. The molecule has 0 heterocycles. The van der Waals surface area contributed by atoms with Crippen LogP contribution in [0.25, 0.3) is 0 Å². The predicted molar refractivity (Wildman–Crippen MR) is 109 cm³/mol. The molecule has 0 aromatic heterocycles. The van der Waals surface area contributed by atoms with Crippen LogP contribution in [-0.2, 0) is 23.9 Å². The summed E-state index contributed by atoms with van der Waals surface area (Å²) in [7, 11) is 1.27. The molecule has 0 aliphatic carbocycles. The number of methoxy groups -OCH3 is 1. The van der Waals surface area contributed by atoms with Gasteiger partial charge in [-0.2, -0.15) is 0 Å². The van der Waals surface area contributed by atoms with Crippen LogP contribution in [0.15, 0.2) is 60.7 Å². The van der Waals surface area contributed by atoms with Crippen molar-refractivity contribution in [3.05, 3.63) is 71.8 Å². The molecule has 0 unspecified atom stereocenters. The second-order valence-corrected chi connectivity index (χ2v) is 6.82. The molecule has 0 aliphatic heterocycles. The van der Waals surface area contributed by atoms with Gasteiger partial charge < -0.3 is 14.8 Å². The van der Waals surface area contributed by atoms with Gasteiger partial charge in [0.2, 0.25) is 0 Å². The molecule has 1 N–H and O–H groups in total. The van der Waals surface area contributed by atoms with Gasteiger partial charge in [0.25, 0.3) is 5.91 Å². The lowest BCUT2D eigenvalue weighted by Gasteiger charge is -2.22. The Morgan fingerprint density at radius 1 is 0.897 bits per heavy atom. The summed E-state index contributed by atoms with van der Waals surface area (Å²) in [6.45, 7) is 3.28. The lowest BCUT2D eigenvalue weighted by molar-refractivity contribution is -0.151. The van der Waals surface area contributed by atoms with Crippen LogP contribution in [0.5, 0.6) is 0 Å². The van der Waals surface area contributed by atoms with Gasteiger partial charge in [-0.25, -0.2) is 4.79 Å². The van der Waals surface area contributed by atoms with Crippen molar-refractivity contribution < 1.29 is 23.9 Å². The van der Waals surface area contributed by atoms with E-state index in [2.05, 4.69) is 5.32 Å². The number of carbonyl (C=O) groups excluding carboxylic acids is 3. The fourth-order valence-corrected chi connectivity index (χ4v) is 2.99. The quantitative estimate of drug-likeness (QED) is 0.658. The molecule has 6 heteroatoms. The van der Waals surface area contributed by atoms with Crippen molar-refractivity contribution in [2.45, 2.75) is 32.2 Å². The van der Waals surface area contributed by atoms with Gasteiger partial charge in [0.05, 0.1) is 7.11 Å². The Kier molecular flexibility index (Phi) is 8.40. The van der Waals surface area contributed by atoms with Crippen LogP contribution in [-0.4, -0.2) is 37.6 Å². The van der Waals surface area contributed by atoms with Crippen molar-refractivity contribution in [3.8, 4) is 0 Å². The van der Waals surface area contributed by atoms with Crippen LogP contribution in [0.2, 0.25) is 0 Å². The fraction of sp³-hybridized carbons (Fsp3) is 0.348. The number of benzene rings is 2. The number of carbonyl (C=O) groups is 3. The Balaban J connectivity index is 2.08. The Labute approximate surface area is 171 Å². The number of hydrogen-bond donors (Lipinski definition) is 1. The minimum Gasteiger partial charge on any atom is -0.467 e. The molecule has 0 bridgehead atoms. The number of hydrogen-bond acceptors (Lipinski definition) is 5. The van der Waals surface area contributed by atoms with Crippen molar-refractivity contribution >= 4 is 17.8 Å². The van der Waals surface area contributed by atoms with Crippen LogP contribution < -0.4 is 5.32 Å². The zero-order valence-electron chi connectivity index (χ0n) is 17.0. The predicted octanol–water partition coefficient (Wildman–Crippen LogP) is 3.07. The zero-order chi connectivity index (χ0) is 21.2. The maximum atomic E-state index is 12.8. The van der Waals surface area contributed by atoms with Gasteiger partial charge in [0.1, 0.15) is 12.0 Å². The fourth-order valence-electron chi connectivity index (χ4n) is 2.99. The normalized spacial score (nSPS) is 12.7. The molecule has 0 saturated heterocycles. The van der Waals surface area contributed by atoms with Crippen molar-refractivity contribution in [2.24, 2.45) is 5.92 Å². The molecular formula is C23H27NO5. The molecule has 29 heavy (non-hydrogen) atoms. The molecule has 2 aromatic rings. The number of amides is 1. The topological polar surface area (TPSA) is 81.7 Å². The van der Waals surface area contributed by atoms with Crippen molar-refractivity contribution in [1.82, 2.24) is 5.32 Å². The van der Waals surface area contributed by atoms with E-state index in [4.69, 9.17) is 9.47 Å². The molecule has 0 aliphatic rings. The minimum absolute atomic E-state index is 0.108. The maximum Gasteiger partial charge on any atom is 0.328 e. The summed E-state index contributed by atoms with van der Waals surface area (Å²) in [5, 5.41) is 2.60. The summed E-state index contributed by atoms with van der Waals surface area (Å²) in [4.78, 5) is 37.0. The van der Waals surface area contributed by atoms with Crippen LogP contribution in [0.3, 0.4) is 0 Å². The van der Waals surface area contributed by atoms with Gasteiger partial charge in [-0.15, -0.1) is 0 Å². The van der Waals surface area contributed by atoms with E-state index in [1.54, 1.807) is 0 Å². The lowest BCUT2D eigenvalue weighted by Crippen LogP contribution is -2.47. The van der Waals surface area contributed by atoms with Gasteiger partial charge in [-0.05, 0) is 17.0 Å². The number of rotatable bonds is 9. The van der Waals surface area contributed by atoms with Gasteiger partial charge >= 0.3 is 11.9 Å². The zero-order valence-corrected chi connectivity index (χ0v) is 17.0. The van der Waals surface area contributed by atoms with E-state index >= 15 is 0 Å². The first kappa shape index (κ1) is 22.1. The molecular weight excluding hydrogens is 370 g/mol. The number of ether oxygens (including phenoxy) is 2. The highest BCUT2D eigenvalue weighted by Crippen LogP contribution is 2.25. The largest absolute Gasteiger partial charge is 0.467 e. The third-order valence-electron chi connectivity index (χ3n) is 4.83. The minimum atomic E-state index is -0.782. The Hall–Kier alpha value is -3.15. The van der Waals surface area contributed by atoms with Gasteiger partial charge in [-0.3, -0.25) is 9.59 Å². The summed E-state index contributed by atoms with van der Waals surface area (Å²) in [5.74, 6) is -2.35. The summed E-state index contributed by atoms with van der Waals surface area (Å²) in [6, 6.07) is 17.7. The average molecular weight is 397 g/mol. The average Bonchev–Trinajstić information content (AvgIpc) is 2.76. The Morgan fingerprint density at radius 2 is 1.41 bits per heavy atom. The van der Waals surface area contributed by atoms with Crippen molar-refractivity contribution in [3.63, 3.8) is 0 Å². The van der Waals surface area contributed by atoms with Crippen molar-refractivity contribution in [1.29, 1.82) is 0 Å². The second kappa shape index (κ2) is 11.0. The summed E-state index contributed by atoms with van der Waals surface area (Å²) in [5.41, 5.74) is 1.55. The first-order valence-electron chi connectivity index (χ1n) is 9.61. The monoisotopic (exact) mass is 397 g/mol. The van der Waals surface area contributed by atoms with Crippen LogP contribution in [0, 0.1) is 5.92 Å². The highest BCUT2D eigenvalue weighted by atomic mass is 16.5. The molecule has 0 saturated carbocycles. The maximum absolute atomic E-state index is 12.8. The van der Waals surface area contributed by atoms with E-state index in [9.17, 15) is 14.4 Å². The van der Waals surface area contributed by atoms with Crippen LogP contribution in [0.1, 0.15) is 37.3 Å². The third kappa shape index (κ3) is 6.17. The molecule has 2 rings (SSSR count). The highest BCUT2D eigenvalue weighted by Gasteiger charge is 2.28. The summed E-state index contributed by atoms with van der Waals surface area (Å²) in [6.07, 6.45) is 0.684. The van der Waals surface area contributed by atoms with E-state index < -0.39 is 36.4 Å².